The molecule has 1 aromatic carbocycles. The number of amides is 1. The molecule has 2 aromatic heterocycles. The average molecular weight is 411 g/mol. The van der Waals surface area contributed by atoms with E-state index in [2.05, 4.69) is 20.8 Å². The predicted octanol–water partition coefficient (Wildman–Crippen LogP) is 1.14. The van der Waals surface area contributed by atoms with Gasteiger partial charge >= 0.3 is 5.69 Å². The van der Waals surface area contributed by atoms with E-state index in [4.69, 9.17) is 0 Å². The number of nitrogens with one attached hydrogen (secondary N) is 1. The van der Waals surface area contributed by atoms with Crippen molar-refractivity contribution >= 4 is 28.5 Å². The molecular formula is C20H21N5O3S. The van der Waals surface area contributed by atoms with E-state index in [0.29, 0.717) is 18.0 Å². The van der Waals surface area contributed by atoms with Crippen LogP contribution in [0.3, 0.4) is 0 Å². The fourth-order valence-corrected chi connectivity index (χ4v) is 4.26. The van der Waals surface area contributed by atoms with Gasteiger partial charge in [-0.1, -0.05) is 36.4 Å². The Balaban J connectivity index is 1.63. The van der Waals surface area contributed by atoms with Crippen molar-refractivity contribution in [3.05, 3.63) is 74.3 Å². The second-order valence-electron chi connectivity index (χ2n) is 6.92. The van der Waals surface area contributed by atoms with Crippen molar-refractivity contribution in [2.45, 2.75) is 6.54 Å². The van der Waals surface area contributed by atoms with Gasteiger partial charge in [-0.3, -0.25) is 19.1 Å². The molecule has 3 aromatic rings. The molecule has 0 saturated carbocycles. The van der Waals surface area contributed by atoms with Crippen LogP contribution >= 0.6 is 11.5 Å². The minimum atomic E-state index is -0.545. The minimum absolute atomic E-state index is 0.124. The molecule has 0 radical (unpaired) electrons. The highest BCUT2D eigenvalue weighted by atomic mass is 32.1. The number of hydrogen-bond donors (Lipinski definition) is 1. The zero-order valence-electron chi connectivity index (χ0n) is 15.8. The first-order valence-electron chi connectivity index (χ1n) is 9.37. The lowest BCUT2D eigenvalue weighted by atomic mass is 10.2. The molecule has 0 spiro atoms. The van der Waals surface area contributed by atoms with Gasteiger partial charge in [0.2, 0.25) is 0 Å². The molecule has 3 heterocycles. The maximum absolute atomic E-state index is 13.0. The van der Waals surface area contributed by atoms with Gasteiger partial charge in [0.05, 0.1) is 12.1 Å². The normalized spacial score (nSPS) is 15.0. The smallest absolute Gasteiger partial charge is 0.329 e. The standard InChI is InChI=1S/C20H21N5O3S/c1-2-8-23-9-11-24(12-10-23)19(27)17-15-16(22-29-17)18(26)25(20(28)21-15)13-14-6-4-3-5-7-14/h2-7H,1,8-13H2,(H,21,28). The second-order valence-corrected chi connectivity index (χ2v) is 7.70. The van der Waals surface area contributed by atoms with Crippen LogP contribution in [0, 0.1) is 0 Å². The molecule has 0 unspecified atom stereocenters. The Morgan fingerprint density at radius 2 is 1.90 bits per heavy atom. The van der Waals surface area contributed by atoms with Gasteiger partial charge in [0, 0.05) is 32.7 Å². The summed E-state index contributed by atoms with van der Waals surface area (Å²) in [4.78, 5) is 45.3. The van der Waals surface area contributed by atoms with E-state index in [-0.39, 0.29) is 23.5 Å². The summed E-state index contributed by atoms with van der Waals surface area (Å²) >= 11 is 0.959. The summed E-state index contributed by atoms with van der Waals surface area (Å²) in [5, 5.41) is 0. The summed E-state index contributed by atoms with van der Waals surface area (Å²) in [5.41, 5.74) is 0.158. The zero-order valence-corrected chi connectivity index (χ0v) is 16.7. The Bertz CT molecular complexity index is 1160. The first kappa shape index (κ1) is 19.3. The molecule has 0 aliphatic carbocycles. The Kier molecular flexibility index (Phi) is 5.41. The number of carbonyl (C=O) groups excluding carboxylic acids is 1. The molecule has 1 aliphatic rings. The summed E-state index contributed by atoms with van der Waals surface area (Å²) in [7, 11) is 0. The first-order valence-corrected chi connectivity index (χ1v) is 10.1. The summed E-state index contributed by atoms with van der Waals surface area (Å²) in [5.74, 6) is -0.202. The molecule has 29 heavy (non-hydrogen) atoms. The number of H-pyrrole nitrogens is 1. The van der Waals surface area contributed by atoms with Crippen LogP contribution in [0.15, 0.2) is 52.6 Å². The lowest BCUT2D eigenvalue weighted by molar-refractivity contribution is 0.0656. The van der Waals surface area contributed by atoms with Gasteiger partial charge in [0.1, 0.15) is 4.88 Å². The highest BCUT2D eigenvalue weighted by Crippen LogP contribution is 2.20. The van der Waals surface area contributed by atoms with Crippen molar-refractivity contribution in [3.8, 4) is 0 Å². The third-order valence-corrected chi connectivity index (χ3v) is 5.88. The second kappa shape index (κ2) is 8.14. The number of fused-ring (bicyclic) bond motifs is 1. The average Bonchev–Trinajstić information content (AvgIpc) is 3.16. The number of aromatic nitrogens is 3. The highest BCUT2D eigenvalue weighted by Gasteiger charge is 2.26. The Labute approximate surface area is 170 Å². The van der Waals surface area contributed by atoms with Gasteiger partial charge in [-0.05, 0) is 17.1 Å². The molecule has 0 bridgehead atoms. The predicted molar refractivity (Wildman–Crippen MR) is 113 cm³/mol. The molecule has 4 rings (SSSR count). The molecule has 150 valence electrons. The fraction of sp³-hybridized carbons (Fsp3) is 0.300. The van der Waals surface area contributed by atoms with E-state index >= 15 is 0 Å². The zero-order chi connectivity index (χ0) is 20.4. The number of carbonyl (C=O) groups is 1. The van der Waals surface area contributed by atoms with Crippen LogP contribution in [0.2, 0.25) is 0 Å². The van der Waals surface area contributed by atoms with Crippen molar-refractivity contribution in [3.63, 3.8) is 0 Å². The summed E-state index contributed by atoms with van der Waals surface area (Å²) in [6.45, 7) is 7.37. The third-order valence-electron chi connectivity index (χ3n) is 5.04. The quantitative estimate of drug-likeness (QED) is 0.636. The number of hydrogen-bond acceptors (Lipinski definition) is 6. The molecule has 0 atom stereocenters. The van der Waals surface area contributed by atoms with E-state index in [1.54, 1.807) is 4.90 Å². The van der Waals surface area contributed by atoms with Crippen molar-refractivity contribution < 1.29 is 4.79 Å². The minimum Gasteiger partial charge on any atom is -0.335 e. The highest BCUT2D eigenvalue weighted by molar-refractivity contribution is 7.09. The molecule has 1 aliphatic heterocycles. The molecule has 1 saturated heterocycles. The van der Waals surface area contributed by atoms with Gasteiger partial charge in [-0.15, -0.1) is 6.58 Å². The van der Waals surface area contributed by atoms with Crippen molar-refractivity contribution in [1.82, 2.24) is 23.7 Å². The van der Waals surface area contributed by atoms with Crippen molar-refractivity contribution in [1.29, 1.82) is 0 Å². The van der Waals surface area contributed by atoms with E-state index in [1.807, 2.05) is 36.4 Å². The topological polar surface area (TPSA) is 91.3 Å². The Morgan fingerprint density at radius 3 is 2.59 bits per heavy atom. The van der Waals surface area contributed by atoms with Crippen LogP contribution in [0.5, 0.6) is 0 Å². The van der Waals surface area contributed by atoms with E-state index in [1.165, 1.54) is 0 Å². The van der Waals surface area contributed by atoms with E-state index in [9.17, 15) is 14.4 Å². The molecular weight excluding hydrogens is 390 g/mol. The molecule has 9 heteroatoms. The molecule has 1 amide bonds. The van der Waals surface area contributed by atoms with E-state index in [0.717, 1.165) is 41.3 Å². The Morgan fingerprint density at radius 1 is 1.17 bits per heavy atom. The number of nitrogens with zero attached hydrogens (tertiary/aromatic N) is 4. The van der Waals surface area contributed by atoms with Crippen LogP contribution in [0.25, 0.3) is 11.0 Å². The number of aromatic amines is 1. The number of piperazine rings is 1. The fourth-order valence-electron chi connectivity index (χ4n) is 3.46. The summed E-state index contributed by atoms with van der Waals surface area (Å²) in [6, 6.07) is 9.26. The Hall–Kier alpha value is -3.04. The lowest BCUT2D eigenvalue weighted by Crippen LogP contribution is -2.48. The van der Waals surface area contributed by atoms with Gasteiger partial charge in [0.25, 0.3) is 11.5 Å². The molecule has 1 fully saturated rings. The first-order chi connectivity index (χ1) is 14.1. The number of rotatable bonds is 5. The van der Waals surface area contributed by atoms with E-state index < -0.39 is 11.2 Å². The van der Waals surface area contributed by atoms with Crippen LogP contribution in [0.1, 0.15) is 15.2 Å². The third kappa shape index (κ3) is 3.79. The van der Waals surface area contributed by atoms with Crippen molar-refractivity contribution in [2.75, 3.05) is 32.7 Å². The maximum atomic E-state index is 13.0. The molecule has 8 nitrogen and oxygen atoms in total. The lowest BCUT2D eigenvalue weighted by Gasteiger charge is -2.33. The van der Waals surface area contributed by atoms with Gasteiger partial charge < -0.3 is 9.88 Å². The molecule has 1 N–H and O–H groups in total. The summed E-state index contributed by atoms with van der Waals surface area (Å²) < 4.78 is 5.30. The van der Waals surface area contributed by atoms with Crippen LogP contribution < -0.4 is 11.2 Å². The van der Waals surface area contributed by atoms with Crippen molar-refractivity contribution in [2.24, 2.45) is 0 Å². The summed E-state index contributed by atoms with van der Waals surface area (Å²) in [6.07, 6.45) is 1.85. The maximum Gasteiger partial charge on any atom is 0.329 e. The number of benzene rings is 1. The van der Waals surface area contributed by atoms with Gasteiger partial charge in [-0.2, -0.15) is 4.37 Å². The SMILES string of the molecule is C=CCN1CCN(C(=O)c2snc3c(=O)n(Cc4ccccc4)c(=O)[nH]c23)CC1. The van der Waals surface area contributed by atoms with Crippen LogP contribution in [0.4, 0.5) is 0 Å². The monoisotopic (exact) mass is 411 g/mol. The van der Waals surface area contributed by atoms with Crippen LogP contribution in [-0.4, -0.2) is 62.4 Å². The van der Waals surface area contributed by atoms with Crippen LogP contribution in [-0.2, 0) is 6.54 Å². The largest absolute Gasteiger partial charge is 0.335 e. The van der Waals surface area contributed by atoms with Gasteiger partial charge in [-0.25, -0.2) is 4.79 Å². The van der Waals surface area contributed by atoms with Gasteiger partial charge in [0.15, 0.2) is 5.52 Å².